The van der Waals surface area contributed by atoms with Gasteiger partial charge in [0.25, 0.3) is 0 Å². The van der Waals surface area contributed by atoms with Crippen molar-refractivity contribution in [1.82, 2.24) is 29.9 Å². The number of para-hydroxylation sites is 1. The lowest BCUT2D eigenvalue weighted by Crippen LogP contribution is -2.03. The molecule has 7 nitrogen and oxygen atoms in total. The van der Waals surface area contributed by atoms with Crippen molar-refractivity contribution in [3.8, 4) is 28.5 Å². The van der Waals surface area contributed by atoms with Crippen LogP contribution in [0.1, 0.15) is 29.2 Å². The van der Waals surface area contributed by atoms with Crippen LogP contribution < -0.4 is 0 Å². The highest BCUT2D eigenvalue weighted by atomic mass is 32.2. The predicted molar refractivity (Wildman–Crippen MR) is 128 cm³/mol. The van der Waals surface area contributed by atoms with E-state index in [1.54, 1.807) is 12.4 Å². The highest BCUT2D eigenvalue weighted by molar-refractivity contribution is 7.99. The molecule has 0 fully saturated rings. The van der Waals surface area contributed by atoms with E-state index in [9.17, 15) is 0 Å². The largest absolute Gasteiger partial charge is 0.419 e. The summed E-state index contributed by atoms with van der Waals surface area (Å²) in [5.41, 5.74) is 5.12. The van der Waals surface area contributed by atoms with Crippen LogP contribution in [0.3, 0.4) is 0 Å². The first kappa shape index (κ1) is 21.1. The third-order valence-corrected chi connectivity index (χ3v) is 6.31. The van der Waals surface area contributed by atoms with Crippen molar-refractivity contribution in [3.63, 3.8) is 0 Å². The van der Waals surface area contributed by atoms with E-state index < -0.39 is 0 Å². The Morgan fingerprint density at radius 1 is 0.848 bits per heavy atom. The summed E-state index contributed by atoms with van der Waals surface area (Å²) in [5, 5.41) is 18.2. The molecule has 0 saturated carbocycles. The second kappa shape index (κ2) is 8.99. The minimum Gasteiger partial charge on any atom is -0.419 e. The minimum absolute atomic E-state index is 0.120. The maximum absolute atomic E-state index is 5.99. The zero-order valence-corrected chi connectivity index (χ0v) is 19.3. The lowest BCUT2D eigenvalue weighted by atomic mass is 10.1. The van der Waals surface area contributed by atoms with Gasteiger partial charge < -0.3 is 4.42 Å². The Kier molecular flexibility index (Phi) is 5.75. The molecule has 0 aliphatic heterocycles. The molecule has 3 heterocycles. The molecule has 0 N–H and O–H groups in total. The Morgan fingerprint density at radius 2 is 1.67 bits per heavy atom. The number of rotatable bonds is 6. The average Bonchev–Trinajstić information content (AvgIpc) is 3.48. The van der Waals surface area contributed by atoms with E-state index in [0.29, 0.717) is 11.8 Å². The van der Waals surface area contributed by atoms with Crippen LogP contribution in [0, 0.1) is 13.8 Å². The molecule has 164 valence electrons. The van der Waals surface area contributed by atoms with Crippen molar-refractivity contribution >= 4 is 11.8 Å². The van der Waals surface area contributed by atoms with Crippen molar-refractivity contribution in [1.29, 1.82) is 0 Å². The van der Waals surface area contributed by atoms with Crippen LogP contribution in [0.25, 0.3) is 28.5 Å². The normalized spacial score (nSPS) is 12.1. The van der Waals surface area contributed by atoms with Crippen molar-refractivity contribution in [2.45, 2.75) is 31.2 Å². The number of aromatic nitrogens is 6. The molecule has 5 rings (SSSR count). The van der Waals surface area contributed by atoms with Crippen molar-refractivity contribution in [3.05, 3.63) is 90.1 Å². The molecule has 0 aliphatic rings. The fraction of sp³-hybridized carbons (Fsp3) is 0.160. The first-order valence-electron chi connectivity index (χ1n) is 10.6. The smallest absolute Gasteiger partial charge is 0.247 e. The number of thioether (sulfide) groups is 1. The van der Waals surface area contributed by atoms with Crippen molar-refractivity contribution in [2.24, 2.45) is 0 Å². The molecule has 0 amide bonds. The SMILES string of the molecule is Cc1ccc(-c2nnc([C@@H](C)Sc3nnc(-c4cccnc4)n3-c3ccccc3C)o2)cc1. The summed E-state index contributed by atoms with van der Waals surface area (Å²) in [4.78, 5) is 4.25. The molecule has 8 heteroatoms. The van der Waals surface area contributed by atoms with Crippen LogP contribution >= 0.6 is 11.8 Å². The summed E-state index contributed by atoms with van der Waals surface area (Å²) in [5.74, 6) is 1.78. The predicted octanol–water partition coefficient (Wildman–Crippen LogP) is 5.85. The first-order valence-corrected chi connectivity index (χ1v) is 11.5. The van der Waals surface area contributed by atoms with Gasteiger partial charge in [-0.1, -0.05) is 47.7 Å². The van der Waals surface area contributed by atoms with Gasteiger partial charge in [0.2, 0.25) is 11.8 Å². The topological polar surface area (TPSA) is 82.5 Å². The molecular weight excluding hydrogens is 432 g/mol. The quantitative estimate of drug-likeness (QED) is 0.298. The van der Waals surface area contributed by atoms with Gasteiger partial charge in [0.15, 0.2) is 11.0 Å². The Labute approximate surface area is 195 Å². The molecule has 0 radical (unpaired) electrons. The van der Waals surface area contributed by atoms with Crippen LogP contribution in [0.4, 0.5) is 0 Å². The average molecular weight is 455 g/mol. The van der Waals surface area contributed by atoms with Gasteiger partial charge in [0.1, 0.15) is 0 Å². The van der Waals surface area contributed by atoms with Gasteiger partial charge in [-0.15, -0.1) is 20.4 Å². The van der Waals surface area contributed by atoms with E-state index in [1.807, 2.05) is 62.4 Å². The van der Waals surface area contributed by atoms with E-state index in [1.165, 1.54) is 17.3 Å². The van der Waals surface area contributed by atoms with Gasteiger partial charge in [-0.05, 0) is 56.7 Å². The fourth-order valence-electron chi connectivity index (χ4n) is 3.48. The van der Waals surface area contributed by atoms with Gasteiger partial charge in [0, 0.05) is 23.5 Å². The summed E-state index contributed by atoms with van der Waals surface area (Å²) in [6.45, 7) is 6.15. The maximum atomic E-state index is 5.99. The van der Waals surface area contributed by atoms with E-state index in [-0.39, 0.29) is 5.25 Å². The minimum atomic E-state index is -0.120. The third-order valence-electron chi connectivity index (χ3n) is 5.28. The summed E-state index contributed by atoms with van der Waals surface area (Å²) in [7, 11) is 0. The fourth-order valence-corrected chi connectivity index (χ4v) is 4.37. The maximum Gasteiger partial charge on any atom is 0.247 e. The van der Waals surface area contributed by atoms with E-state index in [2.05, 4.69) is 49.0 Å². The van der Waals surface area contributed by atoms with Crippen molar-refractivity contribution in [2.75, 3.05) is 0 Å². The lowest BCUT2D eigenvalue weighted by molar-refractivity contribution is 0.509. The Bertz CT molecular complexity index is 1380. The zero-order valence-electron chi connectivity index (χ0n) is 18.5. The summed E-state index contributed by atoms with van der Waals surface area (Å²) < 4.78 is 8.05. The molecule has 5 aromatic rings. The molecule has 2 aromatic carbocycles. The summed E-state index contributed by atoms with van der Waals surface area (Å²) >= 11 is 1.53. The van der Waals surface area contributed by atoms with Gasteiger partial charge in [-0.3, -0.25) is 9.55 Å². The molecule has 3 aromatic heterocycles. The van der Waals surface area contributed by atoms with E-state index in [4.69, 9.17) is 4.42 Å². The third kappa shape index (κ3) is 4.29. The Balaban J connectivity index is 1.49. The van der Waals surface area contributed by atoms with Crippen LogP contribution in [0.2, 0.25) is 0 Å². The van der Waals surface area contributed by atoms with E-state index >= 15 is 0 Å². The highest BCUT2D eigenvalue weighted by Gasteiger charge is 2.23. The van der Waals surface area contributed by atoms with Crippen LogP contribution in [0.5, 0.6) is 0 Å². The monoisotopic (exact) mass is 454 g/mol. The number of nitrogens with zero attached hydrogens (tertiary/aromatic N) is 6. The second-order valence-electron chi connectivity index (χ2n) is 7.74. The molecular formula is C25H22N6OS. The van der Waals surface area contributed by atoms with Gasteiger partial charge in [-0.2, -0.15) is 0 Å². The molecule has 0 spiro atoms. The lowest BCUT2D eigenvalue weighted by Gasteiger charge is -2.14. The van der Waals surface area contributed by atoms with Gasteiger partial charge >= 0.3 is 0 Å². The number of pyridine rings is 1. The molecule has 0 aliphatic carbocycles. The molecule has 33 heavy (non-hydrogen) atoms. The summed E-state index contributed by atoms with van der Waals surface area (Å²) in [6.07, 6.45) is 3.54. The van der Waals surface area contributed by atoms with E-state index in [0.717, 1.165) is 33.4 Å². The van der Waals surface area contributed by atoms with Gasteiger partial charge in [-0.25, -0.2) is 0 Å². The Hall–Kier alpha value is -3.78. The zero-order chi connectivity index (χ0) is 22.8. The standard InChI is InChI=1S/C25H22N6OS/c1-16-10-12-19(13-11-16)24-29-28-23(32-24)18(3)33-25-30-27-22(20-8-6-14-26-15-20)31(25)21-9-5-4-7-17(21)2/h4-15,18H,1-3H3/t18-/m1/s1. The summed E-state index contributed by atoms with van der Waals surface area (Å²) in [6, 6.07) is 20.1. The highest BCUT2D eigenvalue weighted by Crippen LogP contribution is 2.37. The molecule has 0 saturated heterocycles. The second-order valence-corrected chi connectivity index (χ2v) is 9.05. The Morgan fingerprint density at radius 3 is 2.42 bits per heavy atom. The number of benzene rings is 2. The van der Waals surface area contributed by atoms with Gasteiger partial charge in [0.05, 0.1) is 10.9 Å². The number of aryl methyl sites for hydroxylation is 2. The van der Waals surface area contributed by atoms with Crippen LogP contribution in [0.15, 0.2) is 82.6 Å². The molecule has 0 unspecified atom stereocenters. The van der Waals surface area contributed by atoms with Crippen LogP contribution in [-0.2, 0) is 0 Å². The first-order chi connectivity index (χ1) is 16.1. The molecule has 0 bridgehead atoms. The number of hydrogen-bond donors (Lipinski definition) is 0. The van der Waals surface area contributed by atoms with Crippen LogP contribution in [-0.4, -0.2) is 29.9 Å². The number of hydrogen-bond acceptors (Lipinski definition) is 7. The molecule has 1 atom stereocenters. The van der Waals surface area contributed by atoms with Crippen molar-refractivity contribution < 1.29 is 4.42 Å².